The quantitative estimate of drug-likeness (QED) is 0.804. The Morgan fingerprint density at radius 1 is 1.22 bits per heavy atom. The highest BCUT2D eigenvalue weighted by atomic mass is 19.4. The van der Waals surface area contributed by atoms with Crippen LogP contribution < -0.4 is 4.90 Å². The predicted octanol–water partition coefficient (Wildman–Crippen LogP) is 2.98. The number of carbonyl (C=O) groups excluding carboxylic acids is 1. The van der Waals surface area contributed by atoms with E-state index in [1.165, 1.54) is 6.07 Å². The summed E-state index contributed by atoms with van der Waals surface area (Å²) in [4.78, 5) is 19.5. The molecule has 4 nitrogen and oxygen atoms in total. The minimum atomic E-state index is -4.35. The number of ketones is 1. The van der Waals surface area contributed by atoms with Crippen molar-refractivity contribution in [2.24, 2.45) is 0 Å². The van der Waals surface area contributed by atoms with Gasteiger partial charge in [0, 0.05) is 45.2 Å². The molecule has 0 N–H and O–H groups in total. The van der Waals surface area contributed by atoms with Gasteiger partial charge in [-0.3, -0.25) is 9.69 Å². The lowest BCUT2D eigenvalue weighted by Gasteiger charge is -2.35. The molecule has 1 aromatic heterocycles. The van der Waals surface area contributed by atoms with Gasteiger partial charge in [-0.05, 0) is 25.1 Å². The molecule has 0 amide bonds. The first-order chi connectivity index (χ1) is 10.9. The van der Waals surface area contributed by atoms with E-state index in [4.69, 9.17) is 0 Å². The van der Waals surface area contributed by atoms with Crippen LogP contribution in [0.3, 0.4) is 0 Å². The fraction of sp³-hybridized carbons (Fsp3) is 0.625. The number of pyridine rings is 1. The van der Waals surface area contributed by atoms with E-state index in [0.29, 0.717) is 18.7 Å². The van der Waals surface area contributed by atoms with Crippen LogP contribution in [0.4, 0.5) is 19.0 Å². The molecule has 1 saturated heterocycles. The molecular formula is C16H22F3N3O. The molecule has 23 heavy (non-hydrogen) atoms. The van der Waals surface area contributed by atoms with Crippen molar-refractivity contribution in [2.75, 3.05) is 37.6 Å². The first-order valence-corrected chi connectivity index (χ1v) is 7.92. The number of aromatic nitrogens is 1. The Bertz CT molecular complexity index is 508. The number of carbonyl (C=O) groups is 1. The van der Waals surface area contributed by atoms with Gasteiger partial charge >= 0.3 is 6.18 Å². The smallest absolute Gasteiger partial charge is 0.354 e. The minimum Gasteiger partial charge on any atom is -0.354 e. The highest BCUT2D eigenvalue weighted by Gasteiger charge is 2.31. The van der Waals surface area contributed by atoms with Crippen LogP contribution in [0.5, 0.6) is 0 Å². The minimum absolute atomic E-state index is 0.289. The monoisotopic (exact) mass is 329 g/mol. The van der Waals surface area contributed by atoms with E-state index in [1.807, 2.05) is 11.8 Å². The number of nitrogens with zero attached hydrogens (tertiary/aromatic N) is 3. The number of Topliss-reactive ketones (excluding diaryl/α,β-unsaturated/α-hetero) is 1. The molecule has 128 valence electrons. The van der Waals surface area contributed by atoms with E-state index in [1.54, 1.807) is 0 Å². The van der Waals surface area contributed by atoms with Crippen molar-refractivity contribution in [2.45, 2.75) is 32.4 Å². The van der Waals surface area contributed by atoms with Gasteiger partial charge in [-0.25, -0.2) is 4.98 Å². The molecule has 0 saturated carbocycles. The van der Waals surface area contributed by atoms with Crippen LogP contribution in [0.2, 0.25) is 0 Å². The number of hydrogen-bond acceptors (Lipinski definition) is 4. The maximum Gasteiger partial charge on any atom is 0.417 e. The summed E-state index contributed by atoms with van der Waals surface area (Å²) in [6.07, 6.45) is -1.38. The summed E-state index contributed by atoms with van der Waals surface area (Å²) in [6.45, 7) is 5.91. The zero-order valence-corrected chi connectivity index (χ0v) is 13.3. The zero-order chi connectivity index (χ0) is 16.9. The summed E-state index contributed by atoms with van der Waals surface area (Å²) in [6, 6.07) is 2.50. The van der Waals surface area contributed by atoms with E-state index in [2.05, 4.69) is 9.88 Å². The molecule has 0 unspecified atom stereocenters. The molecule has 2 heterocycles. The number of piperazine rings is 1. The van der Waals surface area contributed by atoms with E-state index >= 15 is 0 Å². The summed E-state index contributed by atoms with van der Waals surface area (Å²) in [5, 5.41) is 0. The van der Waals surface area contributed by atoms with E-state index in [0.717, 1.165) is 51.4 Å². The van der Waals surface area contributed by atoms with Gasteiger partial charge in [0.05, 0.1) is 5.56 Å². The van der Waals surface area contributed by atoms with Gasteiger partial charge in [-0.15, -0.1) is 0 Å². The molecule has 0 atom stereocenters. The van der Waals surface area contributed by atoms with Crippen LogP contribution in [-0.4, -0.2) is 48.4 Å². The summed E-state index contributed by atoms with van der Waals surface area (Å²) in [5.41, 5.74) is -0.722. The SMILES string of the molecule is CCC(=O)CCCN1CCN(c2ccc(C(F)(F)F)cn2)CC1. The molecule has 1 aromatic rings. The number of anilines is 1. The maximum atomic E-state index is 12.5. The summed E-state index contributed by atoms with van der Waals surface area (Å²) in [7, 11) is 0. The van der Waals surface area contributed by atoms with Crippen LogP contribution >= 0.6 is 0 Å². The van der Waals surface area contributed by atoms with Crippen molar-refractivity contribution in [3.63, 3.8) is 0 Å². The molecule has 2 rings (SSSR count). The second kappa shape index (κ2) is 7.77. The number of rotatable bonds is 6. The topological polar surface area (TPSA) is 36.4 Å². The molecule has 1 aliphatic rings. The zero-order valence-electron chi connectivity index (χ0n) is 13.3. The Hall–Kier alpha value is -1.63. The number of hydrogen-bond donors (Lipinski definition) is 0. The lowest BCUT2D eigenvalue weighted by atomic mass is 10.1. The first-order valence-electron chi connectivity index (χ1n) is 7.92. The molecule has 7 heteroatoms. The van der Waals surface area contributed by atoms with Crippen LogP contribution in [0.15, 0.2) is 18.3 Å². The largest absolute Gasteiger partial charge is 0.417 e. The standard InChI is InChI=1S/C16H22F3N3O/c1-2-14(23)4-3-7-21-8-10-22(11-9-21)15-6-5-13(12-20-15)16(17,18)19/h5-6,12H,2-4,7-11H2,1H3. The van der Waals surface area contributed by atoms with Gasteiger partial charge in [0.2, 0.25) is 0 Å². The summed E-state index contributed by atoms with van der Waals surface area (Å²) >= 11 is 0. The Morgan fingerprint density at radius 3 is 2.43 bits per heavy atom. The molecule has 0 bridgehead atoms. The van der Waals surface area contributed by atoms with Crippen LogP contribution in [0, 0.1) is 0 Å². The van der Waals surface area contributed by atoms with Crippen molar-refractivity contribution in [3.8, 4) is 0 Å². The summed E-state index contributed by atoms with van der Waals surface area (Å²) in [5.74, 6) is 0.872. The van der Waals surface area contributed by atoms with E-state index < -0.39 is 11.7 Å². The van der Waals surface area contributed by atoms with Gasteiger partial charge in [0.1, 0.15) is 11.6 Å². The van der Waals surface area contributed by atoms with Crippen molar-refractivity contribution < 1.29 is 18.0 Å². The third kappa shape index (κ3) is 5.20. The fourth-order valence-electron chi connectivity index (χ4n) is 2.62. The molecule has 0 radical (unpaired) electrons. The van der Waals surface area contributed by atoms with Crippen molar-refractivity contribution >= 4 is 11.6 Å². The van der Waals surface area contributed by atoms with Crippen LogP contribution in [0.25, 0.3) is 0 Å². The van der Waals surface area contributed by atoms with Crippen LogP contribution in [-0.2, 0) is 11.0 Å². The lowest BCUT2D eigenvalue weighted by molar-refractivity contribution is -0.137. The van der Waals surface area contributed by atoms with Crippen LogP contribution in [0.1, 0.15) is 31.7 Å². The van der Waals surface area contributed by atoms with E-state index in [9.17, 15) is 18.0 Å². The Labute approximate surface area is 134 Å². The fourth-order valence-corrected chi connectivity index (χ4v) is 2.62. The molecule has 0 aromatic carbocycles. The molecule has 1 aliphatic heterocycles. The molecule has 1 fully saturated rings. The van der Waals surface area contributed by atoms with Gasteiger partial charge in [-0.1, -0.05) is 6.92 Å². The first kappa shape index (κ1) is 17.7. The van der Waals surface area contributed by atoms with E-state index in [-0.39, 0.29) is 5.78 Å². The number of halogens is 3. The highest BCUT2D eigenvalue weighted by molar-refractivity contribution is 5.77. The Kier molecular flexibility index (Phi) is 5.98. The Morgan fingerprint density at radius 2 is 1.91 bits per heavy atom. The lowest BCUT2D eigenvalue weighted by Crippen LogP contribution is -2.47. The average molecular weight is 329 g/mol. The number of alkyl halides is 3. The maximum absolute atomic E-state index is 12.5. The van der Waals surface area contributed by atoms with Gasteiger partial charge in [0.15, 0.2) is 0 Å². The Balaban J connectivity index is 1.79. The van der Waals surface area contributed by atoms with Gasteiger partial charge < -0.3 is 4.90 Å². The van der Waals surface area contributed by atoms with Crippen molar-refractivity contribution in [1.29, 1.82) is 0 Å². The predicted molar refractivity (Wildman–Crippen MR) is 82.4 cm³/mol. The highest BCUT2D eigenvalue weighted by Crippen LogP contribution is 2.29. The van der Waals surface area contributed by atoms with Gasteiger partial charge in [0.25, 0.3) is 0 Å². The average Bonchev–Trinajstić information content (AvgIpc) is 2.54. The third-order valence-electron chi connectivity index (χ3n) is 4.10. The van der Waals surface area contributed by atoms with Gasteiger partial charge in [-0.2, -0.15) is 13.2 Å². The second-order valence-electron chi connectivity index (χ2n) is 5.73. The third-order valence-corrected chi connectivity index (χ3v) is 4.10. The second-order valence-corrected chi connectivity index (χ2v) is 5.73. The summed E-state index contributed by atoms with van der Waals surface area (Å²) < 4.78 is 37.6. The molecular weight excluding hydrogens is 307 g/mol. The molecule has 0 aliphatic carbocycles. The van der Waals surface area contributed by atoms with Crippen molar-refractivity contribution in [1.82, 2.24) is 9.88 Å². The van der Waals surface area contributed by atoms with Crippen molar-refractivity contribution in [3.05, 3.63) is 23.9 Å². The molecule has 0 spiro atoms. The normalized spacial score (nSPS) is 16.6.